The molecule has 24 heavy (non-hydrogen) atoms. The molecule has 1 fully saturated rings. The van der Waals surface area contributed by atoms with Gasteiger partial charge < -0.3 is 18.9 Å². The van der Waals surface area contributed by atoms with Gasteiger partial charge in [-0.05, 0) is 6.92 Å². The molecule has 1 unspecified atom stereocenters. The minimum atomic E-state index is -0.384. The third kappa shape index (κ3) is 24.4. The van der Waals surface area contributed by atoms with Gasteiger partial charge in [-0.15, -0.1) is 13.2 Å². The van der Waals surface area contributed by atoms with Gasteiger partial charge in [0.1, 0.15) is 12.7 Å². The Labute approximate surface area is 143 Å². The summed E-state index contributed by atoms with van der Waals surface area (Å²) in [5.41, 5.74) is 0.433. The van der Waals surface area contributed by atoms with E-state index in [-0.39, 0.29) is 24.0 Å². The van der Waals surface area contributed by atoms with Crippen molar-refractivity contribution in [3.05, 3.63) is 50.8 Å². The molecule has 136 valence electrons. The molecule has 0 aromatic carbocycles. The molecule has 1 rings (SSSR count). The predicted octanol–water partition coefficient (Wildman–Crippen LogP) is 2.35. The lowest BCUT2D eigenvalue weighted by molar-refractivity contribution is -0.138. The highest BCUT2D eigenvalue weighted by molar-refractivity contribution is 5.86. The van der Waals surface area contributed by atoms with Crippen LogP contribution in [0.4, 0.5) is 0 Å². The van der Waals surface area contributed by atoms with E-state index in [1.807, 2.05) is 0 Å². The van der Waals surface area contributed by atoms with E-state index in [9.17, 15) is 14.4 Å². The molecule has 1 aliphatic heterocycles. The van der Waals surface area contributed by atoms with Gasteiger partial charge in [0.2, 0.25) is 0 Å². The highest BCUT2D eigenvalue weighted by Gasteiger charge is 2.23. The first-order valence-electron chi connectivity index (χ1n) is 6.71. The molecule has 0 aromatic rings. The number of carbonyl (C=O) groups is 3. The normalized spacial score (nSPS) is 12.7. The molecule has 1 heterocycles. The Morgan fingerprint density at radius 3 is 1.88 bits per heavy atom. The smallest absolute Gasteiger partial charge is 0.332 e. The molecule has 0 N–H and O–H groups in total. The summed E-state index contributed by atoms with van der Waals surface area (Å²) in [7, 11) is 1.33. The topological polar surface area (TPSA) is 91.4 Å². The highest BCUT2D eigenvalue weighted by atomic mass is 16.6. The Hall–Kier alpha value is -2.67. The Kier molecular flexibility index (Phi) is 20.1. The van der Waals surface area contributed by atoms with E-state index in [2.05, 4.69) is 47.1 Å². The molecule has 1 aliphatic rings. The zero-order valence-electron chi connectivity index (χ0n) is 14.5. The largest absolute Gasteiger partial charge is 0.466 e. The second-order valence-corrected chi connectivity index (χ2v) is 3.84. The van der Waals surface area contributed by atoms with Crippen LogP contribution in [0.2, 0.25) is 0 Å². The van der Waals surface area contributed by atoms with Gasteiger partial charge in [-0.25, -0.2) is 9.59 Å². The van der Waals surface area contributed by atoms with E-state index in [4.69, 9.17) is 4.74 Å². The van der Waals surface area contributed by atoms with Gasteiger partial charge >= 0.3 is 17.9 Å². The van der Waals surface area contributed by atoms with Crippen LogP contribution >= 0.6 is 0 Å². The van der Waals surface area contributed by atoms with Gasteiger partial charge in [0.05, 0.1) is 20.0 Å². The van der Waals surface area contributed by atoms with Crippen LogP contribution in [0.15, 0.2) is 50.8 Å². The summed E-state index contributed by atoms with van der Waals surface area (Å²) in [4.78, 5) is 30.3. The molecule has 1 atom stereocenters. The maximum Gasteiger partial charge on any atom is 0.332 e. The molecule has 0 radical (unpaired) electrons. The van der Waals surface area contributed by atoms with Gasteiger partial charge in [-0.3, -0.25) is 4.79 Å². The summed E-state index contributed by atoms with van der Waals surface area (Å²) in [6, 6.07) is 0. The first-order valence-corrected chi connectivity index (χ1v) is 6.71. The van der Waals surface area contributed by atoms with Crippen molar-refractivity contribution in [2.24, 2.45) is 0 Å². The Morgan fingerprint density at radius 1 is 1.21 bits per heavy atom. The molecule has 1 saturated heterocycles. The summed E-state index contributed by atoms with van der Waals surface area (Å²) in [5, 5.41) is 0. The minimum absolute atomic E-state index is 0.147. The summed E-state index contributed by atoms with van der Waals surface area (Å²) in [6.45, 7) is 19.8. The molecular weight excluding hydrogens is 316 g/mol. The van der Waals surface area contributed by atoms with Gasteiger partial charge in [-0.2, -0.15) is 0 Å². The lowest BCUT2D eigenvalue weighted by Crippen LogP contribution is -2.06. The Balaban J connectivity index is -0.000000268. The fourth-order valence-electron chi connectivity index (χ4n) is 0.690. The van der Waals surface area contributed by atoms with E-state index in [0.29, 0.717) is 18.8 Å². The van der Waals surface area contributed by atoms with Crippen molar-refractivity contribution in [2.45, 2.75) is 20.0 Å². The van der Waals surface area contributed by atoms with Crippen LogP contribution in [0.5, 0.6) is 0 Å². The van der Waals surface area contributed by atoms with E-state index >= 15 is 0 Å². The fraction of sp³-hybridized carbons (Fsp3) is 0.353. The third-order valence-electron chi connectivity index (χ3n) is 1.76. The number of hydrogen-bond donors (Lipinski definition) is 0. The fourth-order valence-corrected chi connectivity index (χ4v) is 0.690. The number of hydrogen-bond acceptors (Lipinski definition) is 7. The first-order chi connectivity index (χ1) is 11.3. The lowest BCUT2D eigenvalue weighted by Gasteiger charge is -1.94. The first kappa shape index (κ1) is 26.2. The van der Waals surface area contributed by atoms with Crippen LogP contribution in [0.1, 0.15) is 13.8 Å². The molecular formula is C17H26O7. The summed E-state index contributed by atoms with van der Waals surface area (Å²) >= 11 is 0. The zero-order chi connectivity index (χ0) is 19.5. The van der Waals surface area contributed by atoms with Crippen molar-refractivity contribution in [1.29, 1.82) is 0 Å². The third-order valence-corrected chi connectivity index (χ3v) is 1.76. The van der Waals surface area contributed by atoms with Crippen LogP contribution in [0.3, 0.4) is 0 Å². The highest BCUT2D eigenvalue weighted by Crippen LogP contribution is 2.08. The Bertz CT molecular complexity index is 423. The second kappa shape index (κ2) is 18.4. The summed E-state index contributed by atoms with van der Waals surface area (Å²) in [6.07, 6.45) is 2.39. The average Bonchev–Trinajstić information content (AvgIpc) is 3.39. The van der Waals surface area contributed by atoms with Crippen LogP contribution in [-0.2, 0) is 33.3 Å². The SMILES string of the molecule is C=C.C=C(C)C(=O)OC.C=CC(=O)OCC1CO1.C=COC(C)=O. The quantitative estimate of drug-likeness (QED) is 0.189. The molecule has 0 aliphatic carbocycles. The van der Waals surface area contributed by atoms with E-state index in [1.54, 1.807) is 6.92 Å². The van der Waals surface area contributed by atoms with Crippen molar-refractivity contribution in [1.82, 2.24) is 0 Å². The number of esters is 3. The lowest BCUT2D eigenvalue weighted by atomic mass is 10.4. The predicted molar refractivity (Wildman–Crippen MR) is 90.9 cm³/mol. The molecule has 7 nitrogen and oxygen atoms in total. The molecule has 0 bridgehead atoms. The molecule has 0 aromatic heterocycles. The van der Waals surface area contributed by atoms with Gasteiger partial charge in [-0.1, -0.05) is 19.7 Å². The standard InChI is InChI=1S/C6H8O3.C5H8O2.C4H6O2.C2H4/c1-2-6(7)9-4-5-3-8-5;1-4(2)5(6)7-3;1-3-6-4(2)5;1-2/h2,5H,1,3-4H2;1H2,2-3H3;3H,1H2,2H3;1-2H2. The van der Waals surface area contributed by atoms with Crippen molar-refractivity contribution in [2.75, 3.05) is 20.3 Å². The van der Waals surface area contributed by atoms with Gasteiger partial charge in [0.15, 0.2) is 0 Å². The molecule has 0 spiro atoms. The average molecular weight is 342 g/mol. The molecule has 0 amide bonds. The van der Waals surface area contributed by atoms with Crippen molar-refractivity contribution in [3.8, 4) is 0 Å². The number of ether oxygens (including phenoxy) is 4. The minimum Gasteiger partial charge on any atom is -0.466 e. The monoisotopic (exact) mass is 342 g/mol. The van der Waals surface area contributed by atoms with Crippen LogP contribution in [0.25, 0.3) is 0 Å². The molecule has 7 heteroatoms. The summed E-state index contributed by atoms with van der Waals surface area (Å²) < 4.78 is 17.9. The molecule has 0 saturated carbocycles. The number of methoxy groups -OCH3 is 1. The maximum absolute atomic E-state index is 10.3. The number of carbonyl (C=O) groups excluding carboxylic acids is 3. The van der Waals surface area contributed by atoms with Crippen molar-refractivity contribution >= 4 is 17.9 Å². The van der Waals surface area contributed by atoms with Crippen LogP contribution in [0, 0.1) is 0 Å². The van der Waals surface area contributed by atoms with E-state index in [1.165, 1.54) is 14.0 Å². The van der Waals surface area contributed by atoms with E-state index in [0.717, 1.165) is 12.3 Å². The summed E-state index contributed by atoms with van der Waals surface area (Å²) in [5.74, 6) is -1.06. The van der Waals surface area contributed by atoms with Gasteiger partial charge in [0, 0.05) is 18.6 Å². The maximum atomic E-state index is 10.3. The number of rotatable bonds is 5. The van der Waals surface area contributed by atoms with Crippen molar-refractivity contribution < 1.29 is 33.3 Å². The Morgan fingerprint density at radius 2 is 1.71 bits per heavy atom. The van der Waals surface area contributed by atoms with Crippen LogP contribution < -0.4 is 0 Å². The zero-order valence-corrected chi connectivity index (χ0v) is 14.5. The van der Waals surface area contributed by atoms with Gasteiger partial charge in [0.25, 0.3) is 0 Å². The van der Waals surface area contributed by atoms with Crippen LogP contribution in [-0.4, -0.2) is 44.3 Å². The van der Waals surface area contributed by atoms with E-state index < -0.39 is 0 Å². The number of epoxide rings is 1. The second-order valence-electron chi connectivity index (χ2n) is 3.84. The van der Waals surface area contributed by atoms with Crippen molar-refractivity contribution in [3.63, 3.8) is 0 Å².